The summed E-state index contributed by atoms with van der Waals surface area (Å²) in [6.45, 7) is 2.79. The van der Waals surface area contributed by atoms with Gasteiger partial charge in [0.1, 0.15) is 6.04 Å². The molecule has 14 heavy (non-hydrogen) atoms. The van der Waals surface area contributed by atoms with E-state index >= 15 is 0 Å². The standard InChI is InChI=1S/C8H13BrN2O3/c1-5(9)8(13)11-2-3-14-4-6(11)7(10)12/h5-6H,2-4H2,1H3,(H2,10,12). The summed E-state index contributed by atoms with van der Waals surface area (Å²) in [6.07, 6.45) is 0. The number of nitrogens with two attached hydrogens (primary N) is 1. The number of amides is 2. The van der Waals surface area contributed by atoms with Crippen molar-refractivity contribution in [3.05, 3.63) is 0 Å². The van der Waals surface area contributed by atoms with Crippen LogP contribution in [0, 0.1) is 0 Å². The second-order valence-electron chi connectivity index (χ2n) is 3.14. The Bertz CT molecular complexity index is 245. The van der Waals surface area contributed by atoms with Crippen molar-refractivity contribution >= 4 is 27.7 Å². The number of morpholine rings is 1. The van der Waals surface area contributed by atoms with Crippen LogP contribution in [-0.4, -0.2) is 47.3 Å². The van der Waals surface area contributed by atoms with Gasteiger partial charge in [0.05, 0.1) is 18.0 Å². The third-order valence-corrected chi connectivity index (χ3v) is 2.47. The van der Waals surface area contributed by atoms with Gasteiger partial charge in [0, 0.05) is 6.54 Å². The number of alkyl halides is 1. The van der Waals surface area contributed by atoms with Crippen molar-refractivity contribution < 1.29 is 14.3 Å². The van der Waals surface area contributed by atoms with Crippen molar-refractivity contribution in [1.29, 1.82) is 0 Å². The summed E-state index contributed by atoms with van der Waals surface area (Å²) in [5.74, 6) is -0.650. The molecule has 2 amide bonds. The summed E-state index contributed by atoms with van der Waals surface area (Å²) in [5, 5.41) is 0. The Hall–Kier alpha value is -0.620. The minimum absolute atomic E-state index is 0.128. The fourth-order valence-corrected chi connectivity index (χ4v) is 1.59. The van der Waals surface area contributed by atoms with E-state index in [-0.39, 0.29) is 17.3 Å². The highest BCUT2D eigenvalue weighted by molar-refractivity contribution is 9.10. The molecule has 6 heteroatoms. The number of primary amides is 1. The third kappa shape index (κ3) is 2.45. The maximum atomic E-state index is 11.6. The molecule has 0 radical (unpaired) electrons. The molecule has 2 atom stereocenters. The first kappa shape index (κ1) is 11.5. The lowest BCUT2D eigenvalue weighted by Gasteiger charge is -2.34. The van der Waals surface area contributed by atoms with E-state index in [4.69, 9.17) is 10.5 Å². The summed E-state index contributed by atoms with van der Waals surface area (Å²) < 4.78 is 5.09. The SMILES string of the molecule is CC(Br)C(=O)N1CCOCC1C(N)=O. The molecule has 1 aliphatic rings. The highest BCUT2D eigenvalue weighted by Gasteiger charge is 2.32. The number of carbonyl (C=O) groups excluding carboxylic acids is 2. The lowest BCUT2D eigenvalue weighted by molar-refractivity contribution is -0.146. The first-order valence-corrected chi connectivity index (χ1v) is 5.27. The number of ether oxygens (including phenoxy) is 1. The van der Waals surface area contributed by atoms with Gasteiger partial charge in [0.15, 0.2) is 0 Å². The molecule has 0 aromatic heterocycles. The van der Waals surface area contributed by atoms with Crippen molar-refractivity contribution in [2.45, 2.75) is 17.8 Å². The molecule has 1 rings (SSSR count). The van der Waals surface area contributed by atoms with Crippen molar-refractivity contribution in [3.8, 4) is 0 Å². The minimum atomic E-state index is -0.628. The zero-order valence-electron chi connectivity index (χ0n) is 7.90. The maximum absolute atomic E-state index is 11.6. The molecule has 0 bridgehead atoms. The average Bonchev–Trinajstić information content (AvgIpc) is 2.16. The van der Waals surface area contributed by atoms with Crippen LogP contribution in [0.1, 0.15) is 6.92 Å². The van der Waals surface area contributed by atoms with E-state index in [1.807, 2.05) is 0 Å². The third-order valence-electron chi connectivity index (χ3n) is 2.08. The van der Waals surface area contributed by atoms with Gasteiger partial charge in [-0.1, -0.05) is 15.9 Å². The van der Waals surface area contributed by atoms with E-state index in [0.29, 0.717) is 13.2 Å². The quantitative estimate of drug-likeness (QED) is 0.683. The molecular weight excluding hydrogens is 252 g/mol. The van der Waals surface area contributed by atoms with Gasteiger partial charge in [-0.05, 0) is 6.92 Å². The highest BCUT2D eigenvalue weighted by Crippen LogP contribution is 2.11. The Morgan fingerprint density at radius 2 is 2.29 bits per heavy atom. The van der Waals surface area contributed by atoms with Crippen LogP contribution in [0.25, 0.3) is 0 Å². The second kappa shape index (κ2) is 4.75. The number of carbonyl (C=O) groups is 2. The molecule has 0 aromatic rings. The molecule has 1 saturated heterocycles. The van der Waals surface area contributed by atoms with Gasteiger partial charge in [-0.3, -0.25) is 9.59 Å². The Kier molecular flexibility index (Phi) is 3.88. The Balaban J connectivity index is 2.72. The van der Waals surface area contributed by atoms with Crippen LogP contribution in [0.5, 0.6) is 0 Å². The molecule has 1 fully saturated rings. The topological polar surface area (TPSA) is 72.6 Å². The monoisotopic (exact) mass is 264 g/mol. The smallest absolute Gasteiger partial charge is 0.242 e. The number of rotatable bonds is 2. The van der Waals surface area contributed by atoms with E-state index in [0.717, 1.165) is 0 Å². The molecule has 0 aliphatic carbocycles. The number of nitrogens with zero attached hydrogens (tertiary/aromatic N) is 1. The van der Waals surface area contributed by atoms with Crippen LogP contribution in [0.2, 0.25) is 0 Å². The summed E-state index contributed by atoms with van der Waals surface area (Å²) in [4.78, 5) is 23.8. The van der Waals surface area contributed by atoms with Gasteiger partial charge in [-0.2, -0.15) is 0 Å². The van der Waals surface area contributed by atoms with Crippen LogP contribution in [0.4, 0.5) is 0 Å². The van der Waals surface area contributed by atoms with Crippen molar-refractivity contribution in [2.24, 2.45) is 5.73 Å². The molecule has 5 nitrogen and oxygen atoms in total. The van der Waals surface area contributed by atoms with Gasteiger partial charge < -0.3 is 15.4 Å². The van der Waals surface area contributed by atoms with Crippen molar-refractivity contribution in [1.82, 2.24) is 4.90 Å². The molecule has 0 saturated carbocycles. The normalized spacial score (nSPS) is 24.4. The van der Waals surface area contributed by atoms with Gasteiger partial charge in [-0.15, -0.1) is 0 Å². The molecule has 2 unspecified atom stereocenters. The molecule has 0 spiro atoms. The van der Waals surface area contributed by atoms with Crippen LogP contribution in [0.3, 0.4) is 0 Å². The Morgan fingerprint density at radius 3 is 2.79 bits per heavy atom. The molecule has 2 N–H and O–H groups in total. The lowest BCUT2D eigenvalue weighted by Crippen LogP contribution is -2.56. The second-order valence-corrected chi connectivity index (χ2v) is 4.51. The Labute approximate surface area is 90.7 Å². The summed E-state index contributed by atoms with van der Waals surface area (Å²) in [6, 6.07) is -0.628. The first-order valence-electron chi connectivity index (χ1n) is 4.35. The van der Waals surface area contributed by atoms with E-state index in [1.165, 1.54) is 4.90 Å². The van der Waals surface area contributed by atoms with Crippen LogP contribution in [-0.2, 0) is 14.3 Å². The van der Waals surface area contributed by atoms with Crippen molar-refractivity contribution in [3.63, 3.8) is 0 Å². The largest absolute Gasteiger partial charge is 0.377 e. The predicted octanol–water partition coefficient (Wildman–Crippen LogP) is -0.518. The highest BCUT2D eigenvalue weighted by atomic mass is 79.9. The lowest BCUT2D eigenvalue weighted by atomic mass is 10.2. The number of hydrogen-bond donors (Lipinski definition) is 1. The van der Waals surface area contributed by atoms with Crippen molar-refractivity contribution in [2.75, 3.05) is 19.8 Å². The molecule has 1 aliphatic heterocycles. The Morgan fingerprint density at radius 1 is 1.64 bits per heavy atom. The van der Waals surface area contributed by atoms with Crippen LogP contribution < -0.4 is 5.73 Å². The van der Waals surface area contributed by atoms with E-state index in [1.54, 1.807) is 6.92 Å². The summed E-state index contributed by atoms with van der Waals surface area (Å²) in [7, 11) is 0. The van der Waals surface area contributed by atoms with Gasteiger partial charge in [0.25, 0.3) is 0 Å². The van der Waals surface area contributed by atoms with Crippen LogP contribution in [0.15, 0.2) is 0 Å². The zero-order chi connectivity index (χ0) is 10.7. The van der Waals surface area contributed by atoms with Gasteiger partial charge in [0.2, 0.25) is 11.8 Å². The fraction of sp³-hybridized carbons (Fsp3) is 0.750. The van der Waals surface area contributed by atoms with E-state index in [2.05, 4.69) is 15.9 Å². The molecule has 1 heterocycles. The maximum Gasteiger partial charge on any atom is 0.242 e. The summed E-state index contributed by atoms with van der Waals surface area (Å²) in [5.41, 5.74) is 5.17. The van der Waals surface area contributed by atoms with Crippen LogP contribution >= 0.6 is 15.9 Å². The first-order chi connectivity index (χ1) is 6.54. The molecule has 80 valence electrons. The fourth-order valence-electron chi connectivity index (χ4n) is 1.33. The number of halogens is 1. The zero-order valence-corrected chi connectivity index (χ0v) is 9.49. The molecular formula is C8H13BrN2O3. The van der Waals surface area contributed by atoms with Gasteiger partial charge in [-0.25, -0.2) is 0 Å². The van der Waals surface area contributed by atoms with E-state index in [9.17, 15) is 9.59 Å². The van der Waals surface area contributed by atoms with Gasteiger partial charge >= 0.3 is 0 Å². The molecule has 0 aromatic carbocycles. The van der Waals surface area contributed by atoms with E-state index < -0.39 is 11.9 Å². The predicted molar refractivity (Wildman–Crippen MR) is 53.9 cm³/mol. The number of hydrogen-bond acceptors (Lipinski definition) is 3. The summed E-state index contributed by atoms with van der Waals surface area (Å²) >= 11 is 3.17. The minimum Gasteiger partial charge on any atom is -0.377 e. The average molecular weight is 265 g/mol.